The topological polar surface area (TPSA) is 17.1 Å². The monoisotopic (exact) mass is 188 g/mol. The van der Waals surface area contributed by atoms with Gasteiger partial charge in [0.15, 0.2) is 0 Å². The minimum atomic E-state index is 0.416. The van der Waals surface area contributed by atoms with E-state index in [1.54, 1.807) is 11.8 Å². The van der Waals surface area contributed by atoms with Crippen molar-refractivity contribution in [2.45, 2.75) is 46.0 Å². The van der Waals surface area contributed by atoms with E-state index in [-0.39, 0.29) is 0 Å². The molecule has 72 valence electrons. The number of carbonyl (C=O) groups excluding carboxylic acids is 1. The number of thioether (sulfide) groups is 1. The molecule has 0 spiro atoms. The molecule has 0 aromatic heterocycles. The van der Waals surface area contributed by atoms with Gasteiger partial charge in [-0.3, -0.25) is 4.79 Å². The second-order valence-corrected chi connectivity index (χ2v) is 4.15. The molecule has 0 atom stereocenters. The largest absolute Gasteiger partial charge is 0.299 e. The molecule has 0 amide bonds. The van der Waals surface area contributed by atoms with Crippen LogP contribution in [0.1, 0.15) is 46.0 Å². The lowest BCUT2D eigenvalue weighted by Crippen LogP contribution is -2.00. The van der Waals surface area contributed by atoms with Gasteiger partial charge in [0.2, 0.25) is 0 Å². The molecule has 0 N–H and O–H groups in total. The molecular weight excluding hydrogens is 168 g/mol. The molecule has 0 rings (SSSR count). The summed E-state index contributed by atoms with van der Waals surface area (Å²) >= 11 is 1.79. The molecule has 1 nitrogen and oxygen atoms in total. The van der Waals surface area contributed by atoms with E-state index in [1.165, 1.54) is 19.3 Å². The van der Waals surface area contributed by atoms with Crippen LogP contribution in [0.4, 0.5) is 0 Å². The normalized spacial score (nSPS) is 10.2. The number of unbranched alkanes of at least 4 members (excludes halogenated alkanes) is 2. The number of hydrogen-bond donors (Lipinski definition) is 0. The molecule has 0 bridgehead atoms. The van der Waals surface area contributed by atoms with E-state index in [9.17, 15) is 4.79 Å². The SMILES string of the molecule is CCCCCSCC(=O)CCC. The predicted octanol–water partition coefficient (Wildman–Crippen LogP) is 3.28. The van der Waals surface area contributed by atoms with Crippen molar-refractivity contribution in [1.82, 2.24) is 0 Å². The van der Waals surface area contributed by atoms with Crippen LogP contribution in [-0.2, 0) is 4.79 Å². The third-order valence-electron chi connectivity index (χ3n) is 1.68. The van der Waals surface area contributed by atoms with Gasteiger partial charge in [-0.25, -0.2) is 0 Å². The minimum absolute atomic E-state index is 0.416. The highest BCUT2D eigenvalue weighted by Crippen LogP contribution is 2.07. The first-order valence-corrected chi connectivity index (χ1v) is 6.06. The van der Waals surface area contributed by atoms with Gasteiger partial charge < -0.3 is 0 Å². The van der Waals surface area contributed by atoms with Gasteiger partial charge in [0.05, 0.1) is 5.75 Å². The number of hydrogen-bond acceptors (Lipinski definition) is 2. The fraction of sp³-hybridized carbons (Fsp3) is 0.900. The van der Waals surface area contributed by atoms with Crippen LogP contribution in [0.3, 0.4) is 0 Å². The van der Waals surface area contributed by atoms with Gasteiger partial charge in [0.25, 0.3) is 0 Å². The molecule has 0 radical (unpaired) electrons. The number of carbonyl (C=O) groups is 1. The van der Waals surface area contributed by atoms with E-state index in [0.717, 1.165) is 24.3 Å². The number of Topliss-reactive ketones (excluding diaryl/α,β-unsaturated/α-hetero) is 1. The van der Waals surface area contributed by atoms with Crippen LogP contribution in [0.25, 0.3) is 0 Å². The Morgan fingerprint density at radius 1 is 1.17 bits per heavy atom. The average molecular weight is 188 g/mol. The molecule has 0 aromatic rings. The van der Waals surface area contributed by atoms with Crippen molar-refractivity contribution in [2.24, 2.45) is 0 Å². The first-order valence-electron chi connectivity index (χ1n) is 4.90. The van der Waals surface area contributed by atoms with Gasteiger partial charge >= 0.3 is 0 Å². The Morgan fingerprint density at radius 3 is 2.50 bits per heavy atom. The van der Waals surface area contributed by atoms with Crippen molar-refractivity contribution >= 4 is 17.5 Å². The summed E-state index contributed by atoms with van der Waals surface area (Å²) in [6.45, 7) is 4.26. The van der Waals surface area contributed by atoms with E-state index >= 15 is 0 Å². The standard InChI is InChI=1S/C10H20OS/c1-3-5-6-8-12-9-10(11)7-4-2/h3-9H2,1-2H3. The molecular formula is C10H20OS. The molecule has 12 heavy (non-hydrogen) atoms. The van der Waals surface area contributed by atoms with Crippen LogP contribution in [-0.4, -0.2) is 17.3 Å². The Morgan fingerprint density at radius 2 is 1.92 bits per heavy atom. The van der Waals surface area contributed by atoms with Crippen LogP contribution in [0, 0.1) is 0 Å². The Hall–Kier alpha value is 0.0200. The molecule has 2 heteroatoms. The summed E-state index contributed by atoms with van der Waals surface area (Å²) < 4.78 is 0. The second kappa shape index (κ2) is 9.11. The maximum absolute atomic E-state index is 11.1. The van der Waals surface area contributed by atoms with E-state index in [1.807, 2.05) is 0 Å². The Bertz CT molecular complexity index is 112. The zero-order valence-corrected chi connectivity index (χ0v) is 9.08. The molecule has 0 saturated carbocycles. The van der Waals surface area contributed by atoms with Gasteiger partial charge in [-0.05, 0) is 18.6 Å². The van der Waals surface area contributed by atoms with Crippen molar-refractivity contribution in [2.75, 3.05) is 11.5 Å². The molecule has 0 fully saturated rings. The summed E-state index contributed by atoms with van der Waals surface area (Å²) in [5.74, 6) is 2.31. The van der Waals surface area contributed by atoms with Crippen LogP contribution in [0.5, 0.6) is 0 Å². The van der Waals surface area contributed by atoms with Gasteiger partial charge in [0, 0.05) is 6.42 Å². The quantitative estimate of drug-likeness (QED) is 0.544. The van der Waals surface area contributed by atoms with Crippen molar-refractivity contribution in [1.29, 1.82) is 0 Å². The van der Waals surface area contributed by atoms with E-state index < -0.39 is 0 Å². The predicted molar refractivity (Wildman–Crippen MR) is 56.8 cm³/mol. The highest BCUT2D eigenvalue weighted by molar-refractivity contribution is 7.99. The fourth-order valence-electron chi connectivity index (χ4n) is 0.991. The van der Waals surface area contributed by atoms with Gasteiger partial charge in [-0.2, -0.15) is 11.8 Å². The second-order valence-electron chi connectivity index (χ2n) is 3.05. The minimum Gasteiger partial charge on any atom is -0.299 e. The summed E-state index contributed by atoms with van der Waals surface area (Å²) in [7, 11) is 0. The van der Waals surface area contributed by atoms with Crippen LogP contribution in [0.15, 0.2) is 0 Å². The summed E-state index contributed by atoms with van der Waals surface area (Å²) in [6.07, 6.45) is 5.59. The first-order chi connectivity index (χ1) is 5.81. The molecule has 0 aliphatic heterocycles. The third kappa shape index (κ3) is 8.12. The average Bonchev–Trinajstić information content (AvgIpc) is 2.05. The summed E-state index contributed by atoms with van der Waals surface area (Å²) in [6, 6.07) is 0. The van der Waals surface area contributed by atoms with E-state index in [4.69, 9.17) is 0 Å². The van der Waals surface area contributed by atoms with Crippen molar-refractivity contribution in [3.8, 4) is 0 Å². The molecule has 0 unspecified atom stereocenters. The van der Waals surface area contributed by atoms with Crippen LogP contribution in [0.2, 0.25) is 0 Å². The lowest BCUT2D eigenvalue weighted by molar-refractivity contribution is -0.116. The lowest BCUT2D eigenvalue weighted by atomic mass is 10.3. The zero-order chi connectivity index (χ0) is 9.23. The van der Waals surface area contributed by atoms with E-state index in [0.29, 0.717) is 5.78 Å². The maximum atomic E-state index is 11.1. The molecule has 0 heterocycles. The number of rotatable bonds is 8. The smallest absolute Gasteiger partial charge is 0.142 e. The van der Waals surface area contributed by atoms with E-state index in [2.05, 4.69) is 13.8 Å². The highest BCUT2D eigenvalue weighted by Gasteiger charge is 1.98. The fourth-order valence-corrected chi connectivity index (χ4v) is 1.92. The van der Waals surface area contributed by atoms with Gasteiger partial charge in [0.1, 0.15) is 5.78 Å². The van der Waals surface area contributed by atoms with Gasteiger partial charge in [-0.15, -0.1) is 0 Å². The third-order valence-corrected chi connectivity index (χ3v) is 2.79. The molecule has 0 saturated heterocycles. The molecule has 0 aliphatic carbocycles. The highest BCUT2D eigenvalue weighted by atomic mass is 32.2. The van der Waals surface area contributed by atoms with Crippen LogP contribution >= 0.6 is 11.8 Å². The molecule has 0 aromatic carbocycles. The zero-order valence-electron chi connectivity index (χ0n) is 8.27. The van der Waals surface area contributed by atoms with Gasteiger partial charge in [-0.1, -0.05) is 26.7 Å². The summed E-state index contributed by atoms with van der Waals surface area (Å²) in [4.78, 5) is 11.1. The van der Waals surface area contributed by atoms with Crippen molar-refractivity contribution in [3.05, 3.63) is 0 Å². The van der Waals surface area contributed by atoms with Crippen molar-refractivity contribution in [3.63, 3.8) is 0 Å². The Balaban J connectivity index is 3.03. The number of ketones is 1. The maximum Gasteiger partial charge on any atom is 0.142 e. The lowest BCUT2D eigenvalue weighted by Gasteiger charge is -1.99. The molecule has 0 aliphatic rings. The summed E-state index contributed by atoms with van der Waals surface area (Å²) in [5, 5.41) is 0. The first kappa shape index (κ1) is 12.0. The Labute approximate surface area is 80.3 Å². The summed E-state index contributed by atoms with van der Waals surface area (Å²) in [5.41, 5.74) is 0. The van der Waals surface area contributed by atoms with Crippen LogP contribution < -0.4 is 0 Å². The Kier molecular flexibility index (Phi) is 9.13. The van der Waals surface area contributed by atoms with Crippen molar-refractivity contribution < 1.29 is 4.79 Å².